The Morgan fingerprint density at radius 1 is 1.47 bits per heavy atom. The van der Waals surface area contributed by atoms with Crippen molar-refractivity contribution in [2.24, 2.45) is 0 Å². The maximum Gasteiger partial charge on any atom is 0.348 e. The first kappa shape index (κ1) is 11.8. The highest BCUT2D eigenvalue weighted by Crippen LogP contribution is 2.14. The van der Waals surface area contributed by atoms with E-state index in [1.165, 1.54) is 15.6 Å². The Bertz CT molecular complexity index is 758. The van der Waals surface area contributed by atoms with Gasteiger partial charge in [0, 0.05) is 17.1 Å². The van der Waals surface area contributed by atoms with Gasteiger partial charge in [-0.05, 0) is 6.42 Å². The predicted molar refractivity (Wildman–Crippen MR) is 72.4 cm³/mol. The Morgan fingerprint density at radius 3 is 3.16 bits per heavy atom. The third kappa shape index (κ3) is 2.34. The lowest BCUT2D eigenvalue weighted by atomic mass is 10.4. The average molecular weight is 276 g/mol. The topological polar surface area (TPSA) is 88.0 Å². The van der Waals surface area contributed by atoms with Crippen molar-refractivity contribution in [1.29, 1.82) is 0 Å². The van der Waals surface area contributed by atoms with Crippen LogP contribution < -0.4 is 11.0 Å². The lowest BCUT2D eigenvalue weighted by Crippen LogP contribution is -2.10. The summed E-state index contributed by atoms with van der Waals surface area (Å²) in [7, 11) is 0. The minimum absolute atomic E-state index is 0.290. The van der Waals surface area contributed by atoms with Crippen LogP contribution in [0, 0.1) is 0 Å². The molecule has 0 saturated carbocycles. The number of hydrogen-bond acceptors (Lipinski definition) is 6. The second-order valence-electron chi connectivity index (χ2n) is 3.96. The summed E-state index contributed by atoms with van der Waals surface area (Å²) in [5.74, 6) is 0.666. The first-order chi connectivity index (χ1) is 9.26. The van der Waals surface area contributed by atoms with E-state index in [0.717, 1.165) is 11.4 Å². The lowest BCUT2D eigenvalue weighted by Gasteiger charge is -2.02. The van der Waals surface area contributed by atoms with Crippen LogP contribution in [0.2, 0.25) is 0 Å². The minimum Gasteiger partial charge on any atom is -0.363 e. The normalized spacial score (nSPS) is 11.0. The van der Waals surface area contributed by atoms with E-state index in [2.05, 4.69) is 32.4 Å². The molecular formula is C11H12N6OS. The Labute approximate surface area is 112 Å². The van der Waals surface area contributed by atoms with Gasteiger partial charge in [-0.25, -0.2) is 24.3 Å². The van der Waals surface area contributed by atoms with E-state index in [0.29, 0.717) is 18.0 Å². The minimum atomic E-state index is -0.290. The standard InChI is InChI=1S/C11H12N6OS/c1-2-7-4-13-10(19-7)5-12-8-3-9-15-16-11(18)17(9)6-14-8/h3-4,6,12H,2,5H2,1H3,(H,16,18). The number of hydrogen-bond donors (Lipinski definition) is 2. The number of thiazole rings is 1. The van der Waals surface area contributed by atoms with Gasteiger partial charge in [0.15, 0.2) is 5.65 Å². The van der Waals surface area contributed by atoms with Gasteiger partial charge in [-0.1, -0.05) is 6.92 Å². The van der Waals surface area contributed by atoms with Gasteiger partial charge in [-0.15, -0.1) is 11.3 Å². The van der Waals surface area contributed by atoms with Crippen LogP contribution >= 0.6 is 11.3 Å². The monoisotopic (exact) mass is 276 g/mol. The molecule has 0 saturated heterocycles. The molecule has 0 aliphatic heterocycles. The van der Waals surface area contributed by atoms with Gasteiger partial charge in [-0.3, -0.25) is 0 Å². The van der Waals surface area contributed by atoms with E-state index >= 15 is 0 Å². The van der Waals surface area contributed by atoms with Crippen LogP contribution in [0.15, 0.2) is 23.4 Å². The third-order valence-electron chi connectivity index (χ3n) is 2.68. The van der Waals surface area contributed by atoms with Gasteiger partial charge >= 0.3 is 5.69 Å². The molecule has 2 N–H and O–H groups in total. The number of H-pyrrole nitrogens is 1. The largest absolute Gasteiger partial charge is 0.363 e. The highest BCUT2D eigenvalue weighted by molar-refractivity contribution is 7.11. The average Bonchev–Trinajstić information content (AvgIpc) is 3.03. The van der Waals surface area contributed by atoms with E-state index in [9.17, 15) is 4.79 Å². The number of fused-ring (bicyclic) bond motifs is 1. The van der Waals surface area contributed by atoms with Crippen molar-refractivity contribution in [3.05, 3.63) is 39.0 Å². The van der Waals surface area contributed by atoms with Gasteiger partial charge in [0.2, 0.25) is 0 Å². The summed E-state index contributed by atoms with van der Waals surface area (Å²) < 4.78 is 1.35. The summed E-state index contributed by atoms with van der Waals surface area (Å²) in [5.41, 5.74) is 0.248. The molecule has 0 aliphatic carbocycles. The molecule has 19 heavy (non-hydrogen) atoms. The maximum atomic E-state index is 11.3. The highest BCUT2D eigenvalue weighted by Gasteiger charge is 2.04. The van der Waals surface area contributed by atoms with Crippen molar-refractivity contribution in [1.82, 2.24) is 24.6 Å². The lowest BCUT2D eigenvalue weighted by molar-refractivity contribution is 0.988. The number of rotatable bonds is 4. The van der Waals surface area contributed by atoms with Crippen molar-refractivity contribution in [3.8, 4) is 0 Å². The fourth-order valence-corrected chi connectivity index (χ4v) is 2.47. The second-order valence-corrected chi connectivity index (χ2v) is 5.16. The van der Waals surface area contributed by atoms with Gasteiger partial charge in [0.25, 0.3) is 0 Å². The van der Waals surface area contributed by atoms with Crippen LogP contribution in [0.1, 0.15) is 16.8 Å². The van der Waals surface area contributed by atoms with Crippen LogP contribution in [-0.2, 0) is 13.0 Å². The summed E-state index contributed by atoms with van der Waals surface area (Å²) in [6, 6.07) is 1.71. The summed E-state index contributed by atoms with van der Waals surface area (Å²) in [5, 5.41) is 10.4. The zero-order chi connectivity index (χ0) is 13.2. The summed E-state index contributed by atoms with van der Waals surface area (Å²) in [4.78, 5) is 21.0. The molecule has 3 rings (SSSR count). The fraction of sp³-hybridized carbons (Fsp3) is 0.273. The Balaban J connectivity index is 1.76. The number of aromatic nitrogens is 5. The molecule has 0 bridgehead atoms. The Morgan fingerprint density at radius 2 is 2.37 bits per heavy atom. The molecule has 7 nitrogen and oxygen atoms in total. The summed E-state index contributed by atoms with van der Waals surface area (Å²) in [6.45, 7) is 2.72. The van der Waals surface area contributed by atoms with Crippen LogP contribution in [0.5, 0.6) is 0 Å². The van der Waals surface area contributed by atoms with E-state index in [1.54, 1.807) is 17.4 Å². The number of nitrogens with one attached hydrogen (secondary N) is 2. The molecule has 8 heteroatoms. The van der Waals surface area contributed by atoms with Crippen LogP contribution in [0.3, 0.4) is 0 Å². The Hall–Kier alpha value is -2.22. The Kier molecular flexibility index (Phi) is 3.00. The number of aromatic amines is 1. The van der Waals surface area contributed by atoms with E-state index in [-0.39, 0.29) is 5.69 Å². The summed E-state index contributed by atoms with van der Waals surface area (Å²) in [6.07, 6.45) is 4.34. The SMILES string of the molecule is CCc1cnc(CNc2cc3n[nH]c(=O)n3cn2)s1. The van der Waals surface area contributed by atoms with Crippen LogP contribution in [0.25, 0.3) is 5.65 Å². The second kappa shape index (κ2) is 4.81. The zero-order valence-corrected chi connectivity index (χ0v) is 11.1. The van der Waals surface area contributed by atoms with Gasteiger partial charge < -0.3 is 5.32 Å². The molecule has 0 amide bonds. The van der Waals surface area contributed by atoms with Crippen molar-refractivity contribution in [2.75, 3.05) is 5.32 Å². The highest BCUT2D eigenvalue weighted by atomic mass is 32.1. The first-order valence-corrected chi connectivity index (χ1v) is 6.68. The van der Waals surface area contributed by atoms with Crippen molar-refractivity contribution < 1.29 is 0 Å². The van der Waals surface area contributed by atoms with E-state index in [1.807, 2.05) is 6.20 Å². The van der Waals surface area contributed by atoms with Gasteiger partial charge in [0.05, 0.1) is 6.54 Å². The summed E-state index contributed by atoms with van der Waals surface area (Å²) >= 11 is 1.68. The molecule has 3 aromatic heterocycles. The van der Waals surface area contributed by atoms with Crippen molar-refractivity contribution in [3.63, 3.8) is 0 Å². The quantitative estimate of drug-likeness (QED) is 0.743. The van der Waals surface area contributed by atoms with Gasteiger partial charge in [0.1, 0.15) is 17.2 Å². The molecule has 0 aliphatic rings. The molecule has 0 unspecified atom stereocenters. The van der Waals surface area contributed by atoms with E-state index in [4.69, 9.17) is 0 Å². The molecule has 0 fully saturated rings. The smallest absolute Gasteiger partial charge is 0.348 e. The molecule has 0 spiro atoms. The number of aryl methyl sites for hydroxylation is 1. The number of nitrogens with zero attached hydrogens (tertiary/aromatic N) is 4. The molecule has 0 atom stereocenters. The molecule has 0 radical (unpaired) electrons. The fourth-order valence-electron chi connectivity index (χ4n) is 1.67. The van der Waals surface area contributed by atoms with Crippen LogP contribution in [-0.4, -0.2) is 24.6 Å². The first-order valence-electron chi connectivity index (χ1n) is 5.86. The zero-order valence-electron chi connectivity index (χ0n) is 10.3. The molecule has 3 heterocycles. The van der Waals surface area contributed by atoms with Gasteiger partial charge in [-0.2, -0.15) is 5.10 Å². The predicted octanol–water partition coefficient (Wildman–Crippen LogP) is 1.05. The molecule has 3 aromatic rings. The van der Waals surface area contributed by atoms with Crippen LogP contribution in [0.4, 0.5) is 5.82 Å². The third-order valence-corrected chi connectivity index (χ3v) is 3.82. The van der Waals surface area contributed by atoms with Crippen molar-refractivity contribution >= 4 is 22.8 Å². The van der Waals surface area contributed by atoms with E-state index < -0.39 is 0 Å². The number of anilines is 1. The van der Waals surface area contributed by atoms with Crippen molar-refractivity contribution in [2.45, 2.75) is 19.9 Å². The maximum absolute atomic E-state index is 11.3. The molecule has 0 aromatic carbocycles. The molecule has 98 valence electrons. The molecular weight excluding hydrogens is 264 g/mol.